The quantitative estimate of drug-likeness (QED) is 0.518. The lowest BCUT2D eigenvalue weighted by Gasteiger charge is -2.30. The minimum atomic E-state index is -4.50. The SMILES string of the molecule is O=C(OC(CN1CCOCC1)CS(=O)(=O)[O-])c1ccoc1. The van der Waals surface area contributed by atoms with E-state index >= 15 is 0 Å². The molecule has 0 saturated carbocycles. The van der Waals surface area contributed by atoms with Crippen molar-refractivity contribution in [3.8, 4) is 0 Å². The average Bonchev–Trinajstić information content (AvgIpc) is 2.91. The molecule has 0 spiro atoms. The van der Waals surface area contributed by atoms with E-state index in [1.165, 1.54) is 18.6 Å². The molecular weight excluding hydrogens is 302 g/mol. The van der Waals surface area contributed by atoms with Crippen molar-refractivity contribution in [2.45, 2.75) is 6.10 Å². The lowest BCUT2D eigenvalue weighted by molar-refractivity contribution is 0.000899. The Kier molecular flexibility index (Phi) is 5.34. The molecule has 2 heterocycles. The molecule has 2 rings (SSSR count). The molecule has 1 unspecified atom stereocenters. The van der Waals surface area contributed by atoms with Gasteiger partial charge >= 0.3 is 5.97 Å². The highest BCUT2D eigenvalue weighted by Crippen LogP contribution is 2.09. The van der Waals surface area contributed by atoms with Crippen molar-refractivity contribution in [1.29, 1.82) is 0 Å². The molecule has 1 aromatic heterocycles. The molecule has 118 valence electrons. The van der Waals surface area contributed by atoms with Gasteiger partial charge in [0.2, 0.25) is 0 Å². The molecular formula is C12H16NO7S-. The van der Waals surface area contributed by atoms with Crippen molar-refractivity contribution >= 4 is 16.1 Å². The summed E-state index contributed by atoms with van der Waals surface area (Å²) in [6, 6.07) is 1.40. The van der Waals surface area contributed by atoms with Crippen LogP contribution in [-0.4, -0.2) is 68.5 Å². The predicted octanol–water partition coefficient (Wildman–Crippen LogP) is -0.318. The third kappa shape index (κ3) is 5.46. The van der Waals surface area contributed by atoms with Crippen LogP contribution in [0.25, 0.3) is 0 Å². The minimum Gasteiger partial charge on any atom is -0.748 e. The van der Waals surface area contributed by atoms with E-state index in [2.05, 4.69) is 0 Å². The summed E-state index contributed by atoms with van der Waals surface area (Å²) in [5.41, 5.74) is 0.172. The van der Waals surface area contributed by atoms with Crippen LogP contribution in [0.5, 0.6) is 0 Å². The Morgan fingerprint density at radius 2 is 2.14 bits per heavy atom. The van der Waals surface area contributed by atoms with Gasteiger partial charge in [0, 0.05) is 19.6 Å². The number of hydrogen-bond donors (Lipinski definition) is 0. The molecule has 0 aliphatic carbocycles. The summed E-state index contributed by atoms with van der Waals surface area (Å²) in [6.45, 7) is 2.41. The first-order valence-corrected chi connectivity index (χ1v) is 7.98. The number of carbonyl (C=O) groups excluding carboxylic acids is 1. The zero-order valence-corrected chi connectivity index (χ0v) is 12.1. The van der Waals surface area contributed by atoms with Crippen molar-refractivity contribution in [3.63, 3.8) is 0 Å². The van der Waals surface area contributed by atoms with E-state index in [4.69, 9.17) is 13.9 Å². The Labute approximate surface area is 122 Å². The zero-order valence-electron chi connectivity index (χ0n) is 11.3. The van der Waals surface area contributed by atoms with Gasteiger partial charge in [0.15, 0.2) is 0 Å². The monoisotopic (exact) mass is 318 g/mol. The summed E-state index contributed by atoms with van der Waals surface area (Å²) in [6.07, 6.45) is 1.48. The van der Waals surface area contributed by atoms with Gasteiger partial charge in [0.05, 0.1) is 40.9 Å². The van der Waals surface area contributed by atoms with Crippen LogP contribution in [0, 0.1) is 0 Å². The van der Waals surface area contributed by atoms with Gasteiger partial charge in [-0.15, -0.1) is 0 Å². The molecule has 9 heteroatoms. The molecule has 1 fully saturated rings. The number of morpholine rings is 1. The van der Waals surface area contributed by atoms with E-state index in [9.17, 15) is 17.8 Å². The highest BCUT2D eigenvalue weighted by Gasteiger charge is 2.23. The van der Waals surface area contributed by atoms with Crippen LogP contribution in [0.3, 0.4) is 0 Å². The van der Waals surface area contributed by atoms with E-state index in [0.29, 0.717) is 26.3 Å². The van der Waals surface area contributed by atoms with Gasteiger partial charge in [-0.1, -0.05) is 0 Å². The normalized spacial score (nSPS) is 18.3. The Morgan fingerprint density at radius 3 is 2.71 bits per heavy atom. The smallest absolute Gasteiger partial charge is 0.341 e. The topological polar surface area (TPSA) is 109 Å². The van der Waals surface area contributed by atoms with Gasteiger partial charge in [-0.2, -0.15) is 0 Å². The average molecular weight is 318 g/mol. The standard InChI is InChI=1S/C12H17NO7S/c14-12(10-1-4-19-8-10)20-11(9-21(15,16)17)7-13-2-5-18-6-3-13/h1,4,8,11H,2-3,5-7,9H2,(H,15,16,17)/p-1. The number of furan rings is 1. The molecule has 0 bridgehead atoms. The van der Waals surface area contributed by atoms with Crippen LogP contribution >= 0.6 is 0 Å². The van der Waals surface area contributed by atoms with Crippen molar-refractivity contribution in [3.05, 3.63) is 24.2 Å². The molecule has 1 aliphatic rings. The molecule has 0 amide bonds. The highest BCUT2D eigenvalue weighted by molar-refractivity contribution is 7.85. The lowest BCUT2D eigenvalue weighted by atomic mass is 10.3. The maximum absolute atomic E-state index is 11.8. The first-order chi connectivity index (χ1) is 9.94. The number of carbonyl (C=O) groups is 1. The third-order valence-electron chi connectivity index (χ3n) is 2.99. The minimum absolute atomic E-state index is 0.172. The van der Waals surface area contributed by atoms with E-state index in [0.717, 1.165) is 0 Å². The maximum atomic E-state index is 11.8. The summed E-state index contributed by atoms with van der Waals surface area (Å²) in [5.74, 6) is -1.47. The predicted molar refractivity (Wildman–Crippen MR) is 69.7 cm³/mol. The number of ether oxygens (including phenoxy) is 2. The van der Waals surface area contributed by atoms with Gasteiger partial charge in [0.1, 0.15) is 12.4 Å². The fraction of sp³-hybridized carbons (Fsp3) is 0.583. The Hall–Kier alpha value is -1.42. The molecule has 1 aromatic rings. The molecule has 8 nitrogen and oxygen atoms in total. The van der Waals surface area contributed by atoms with Crippen molar-refractivity contribution in [2.75, 3.05) is 38.6 Å². The molecule has 21 heavy (non-hydrogen) atoms. The molecule has 1 aliphatic heterocycles. The fourth-order valence-corrected chi connectivity index (χ4v) is 2.65. The zero-order chi connectivity index (χ0) is 15.3. The Balaban J connectivity index is 1.99. The van der Waals surface area contributed by atoms with Crippen molar-refractivity contribution < 1.29 is 31.7 Å². The lowest BCUT2D eigenvalue weighted by Crippen LogP contribution is -2.44. The van der Waals surface area contributed by atoms with Gasteiger partial charge in [-0.25, -0.2) is 13.2 Å². The van der Waals surface area contributed by atoms with Crippen LogP contribution in [0.4, 0.5) is 0 Å². The largest absolute Gasteiger partial charge is 0.748 e. The third-order valence-corrected chi connectivity index (χ3v) is 3.77. The fourth-order valence-electron chi connectivity index (χ4n) is 2.02. The van der Waals surface area contributed by atoms with Crippen LogP contribution in [-0.2, 0) is 19.6 Å². The maximum Gasteiger partial charge on any atom is 0.341 e. The summed E-state index contributed by atoms with van der Waals surface area (Å²) < 4.78 is 47.9. The van der Waals surface area contributed by atoms with E-state index in [1.54, 1.807) is 0 Å². The summed E-state index contributed by atoms with van der Waals surface area (Å²) in [4.78, 5) is 13.7. The molecule has 0 aromatic carbocycles. The summed E-state index contributed by atoms with van der Waals surface area (Å²) >= 11 is 0. The van der Waals surface area contributed by atoms with Crippen molar-refractivity contribution in [2.24, 2.45) is 0 Å². The second-order valence-corrected chi connectivity index (χ2v) is 6.13. The van der Waals surface area contributed by atoms with E-state index in [1.807, 2.05) is 4.90 Å². The van der Waals surface area contributed by atoms with E-state index in [-0.39, 0.29) is 12.1 Å². The Bertz CT molecular complexity index is 548. The van der Waals surface area contributed by atoms with Gasteiger partial charge < -0.3 is 18.4 Å². The van der Waals surface area contributed by atoms with Gasteiger partial charge in [0.25, 0.3) is 0 Å². The molecule has 1 saturated heterocycles. The van der Waals surface area contributed by atoms with Crippen LogP contribution < -0.4 is 0 Å². The molecule has 0 radical (unpaired) electrons. The second-order valence-electron chi connectivity index (χ2n) is 4.68. The first-order valence-electron chi connectivity index (χ1n) is 6.41. The second kappa shape index (κ2) is 7.03. The van der Waals surface area contributed by atoms with Gasteiger partial charge in [-0.05, 0) is 6.07 Å². The molecule has 1 atom stereocenters. The number of hydrogen-bond acceptors (Lipinski definition) is 8. The molecule has 0 N–H and O–H groups in total. The van der Waals surface area contributed by atoms with Gasteiger partial charge in [-0.3, -0.25) is 4.90 Å². The van der Waals surface area contributed by atoms with E-state index < -0.39 is 27.9 Å². The summed E-state index contributed by atoms with van der Waals surface area (Å²) in [7, 11) is -4.50. The number of nitrogens with zero attached hydrogens (tertiary/aromatic N) is 1. The summed E-state index contributed by atoms with van der Waals surface area (Å²) in [5, 5.41) is 0. The van der Waals surface area contributed by atoms with Crippen molar-refractivity contribution in [1.82, 2.24) is 4.90 Å². The number of esters is 1. The highest BCUT2D eigenvalue weighted by atomic mass is 32.2. The first kappa shape index (κ1) is 16.0. The van der Waals surface area contributed by atoms with Crippen LogP contribution in [0.2, 0.25) is 0 Å². The van der Waals surface area contributed by atoms with Crippen LogP contribution in [0.15, 0.2) is 23.0 Å². The van der Waals surface area contributed by atoms with Crippen LogP contribution in [0.1, 0.15) is 10.4 Å². The Morgan fingerprint density at radius 1 is 1.43 bits per heavy atom. The number of rotatable bonds is 6.